The summed E-state index contributed by atoms with van der Waals surface area (Å²) >= 11 is 0. The smallest absolute Gasteiger partial charge is 0.253 e. The summed E-state index contributed by atoms with van der Waals surface area (Å²) in [6.45, 7) is 0. The minimum Gasteiger partial charge on any atom is -0.495 e. The van der Waals surface area contributed by atoms with Crippen LogP contribution in [0.1, 0.15) is 28.6 Å². The van der Waals surface area contributed by atoms with Crippen LogP contribution in [0, 0.1) is 0 Å². The van der Waals surface area contributed by atoms with Gasteiger partial charge in [0.1, 0.15) is 5.75 Å². The van der Waals surface area contributed by atoms with Crippen LogP contribution in [0.4, 0.5) is 11.6 Å². The maximum atomic E-state index is 12.4. The molecule has 3 N–H and O–H groups in total. The molecule has 0 aliphatic heterocycles. The Balaban J connectivity index is 0.00000387. The fourth-order valence-electron chi connectivity index (χ4n) is 4.93. The summed E-state index contributed by atoms with van der Waals surface area (Å²) in [5, 5.41) is 8.11. The number of hydrogen-bond donors (Lipinski definition) is 2. The first-order valence-electron chi connectivity index (χ1n) is 12.9. The highest BCUT2D eigenvalue weighted by atomic mass is 16.5. The van der Waals surface area contributed by atoms with E-state index in [0.29, 0.717) is 22.9 Å². The molecule has 5 rings (SSSR count). The average molecular weight is 539 g/mol. The van der Waals surface area contributed by atoms with Crippen molar-refractivity contribution in [2.75, 3.05) is 33.6 Å². The molecule has 0 saturated heterocycles. The van der Waals surface area contributed by atoms with Crippen molar-refractivity contribution >= 4 is 29.3 Å². The Kier molecular flexibility index (Phi) is 7.33. The van der Waals surface area contributed by atoms with E-state index in [9.17, 15) is 4.79 Å². The van der Waals surface area contributed by atoms with Crippen LogP contribution in [-0.2, 0) is 19.9 Å². The van der Waals surface area contributed by atoms with Crippen LogP contribution >= 0.6 is 0 Å². The molecule has 1 amide bonds. The van der Waals surface area contributed by atoms with Crippen molar-refractivity contribution in [3.8, 4) is 28.3 Å². The molecule has 0 atom stereocenters. The number of aliphatic imine (C=N–C) groups is 1. The maximum Gasteiger partial charge on any atom is 0.253 e. The van der Waals surface area contributed by atoms with Gasteiger partial charge in [-0.2, -0.15) is 5.10 Å². The normalized spacial score (nSPS) is 12.7. The van der Waals surface area contributed by atoms with Gasteiger partial charge < -0.3 is 20.7 Å². The Morgan fingerprint density at radius 1 is 1.18 bits per heavy atom. The fraction of sp³-hybridized carbons (Fsp3) is 0.233. The second-order valence-electron chi connectivity index (χ2n) is 9.69. The number of benzene rings is 2. The van der Waals surface area contributed by atoms with Crippen LogP contribution in [0.25, 0.3) is 28.1 Å². The van der Waals surface area contributed by atoms with E-state index >= 15 is 0 Å². The van der Waals surface area contributed by atoms with Gasteiger partial charge in [0.2, 0.25) is 5.95 Å². The Bertz CT molecular complexity index is 1640. The third-order valence-corrected chi connectivity index (χ3v) is 6.89. The van der Waals surface area contributed by atoms with Crippen LogP contribution in [0.15, 0.2) is 59.9 Å². The highest BCUT2D eigenvalue weighted by molar-refractivity contribution is 6.09. The lowest BCUT2D eigenvalue weighted by molar-refractivity contribution is 0.0827. The van der Waals surface area contributed by atoms with E-state index in [1.54, 1.807) is 58.9 Å². The molecular formula is C30H34N8O2. The van der Waals surface area contributed by atoms with Gasteiger partial charge in [0.15, 0.2) is 0 Å². The van der Waals surface area contributed by atoms with Gasteiger partial charge in [0, 0.05) is 70.5 Å². The Morgan fingerprint density at radius 3 is 2.60 bits per heavy atom. The zero-order chi connectivity index (χ0) is 28.4. The zero-order valence-electron chi connectivity index (χ0n) is 23.3. The van der Waals surface area contributed by atoms with Crippen molar-refractivity contribution in [2.45, 2.75) is 12.8 Å². The number of aromatic nitrogens is 4. The van der Waals surface area contributed by atoms with Crippen molar-refractivity contribution in [3.63, 3.8) is 0 Å². The minimum atomic E-state index is -0.103. The summed E-state index contributed by atoms with van der Waals surface area (Å²) in [6, 6.07) is 13.5. The number of hydrogen-bond acceptors (Lipinski definition) is 8. The molecule has 1 aliphatic rings. The molecule has 10 nitrogen and oxygen atoms in total. The molecule has 1 aliphatic carbocycles. The van der Waals surface area contributed by atoms with Crippen LogP contribution in [-0.4, -0.2) is 65.0 Å². The highest BCUT2D eigenvalue weighted by Gasteiger charge is 2.27. The largest absolute Gasteiger partial charge is 0.495 e. The van der Waals surface area contributed by atoms with Gasteiger partial charge in [-0.1, -0.05) is 24.3 Å². The number of fused-ring (bicyclic) bond motifs is 3. The second-order valence-corrected chi connectivity index (χ2v) is 9.69. The predicted molar refractivity (Wildman–Crippen MR) is 160 cm³/mol. The summed E-state index contributed by atoms with van der Waals surface area (Å²) in [7, 11) is 8.68. The highest BCUT2D eigenvalue weighted by Crippen LogP contribution is 2.40. The molecule has 2 heterocycles. The molecule has 0 spiro atoms. The molecule has 206 valence electrons. The zero-order valence-corrected chi connectivity index (χ0v) is 23.3. The summed E-state index contributed by atoms with van der Waals surface area (Å²) in [5.41, 5.74) is 14.8. The number of carbonyl (C=O) groups is 1. The monoisotopic (exact) mass is 538 g/mol. The van der Waals surface area contributed by atoms with Crippen molar-refractivity contribution < 1.29 is 11.0 Å². The SMILES string of the molecule is CN=C/C(=C\N)c1ccc(-c2c3c(nn2C)CCc2cnc(Nc4ccc(C(=O)N(C)C)cc4OC)nc2-3)cc1.[HH]. The first-order chi connectivity index (χ1) is 19.3. The van der Waals surface area contributed by atoms with E-state index in [0.717, 1.165) is 57.8 Å². The van der Waals surface area contributed by atoms with E-state index in [4.69, 9.17) is 20.6 Å². The molecule has 2 aromatic heterocycles. The van der Waals surface area contributed by atoms with Crippen LogP contribution in [0.2, 0.25) is 0 Å². The molecule has 4 aromatic rings. The van der Waals surface area contributed by atoms with Gasteiger partial charge in [-0.3, -0.25) is 14.5 Å². The number of carbonyl (C=O) groups excluding carboxylic acids is 1. The van der Waals surface area contributed by atoms with E-state index < -0.39 is 0 Å². The molecule has 40 heavy (non-hydrogen) atoms. The number of ether oxygens (including phenoxy) is 1. The van der Waals surface area contributed by atoms with Gasteiger partial charge in [0.25, 0.3) is 5.91 Å². The molecule has 0 bridgehead atoms. The Labute approximate surface area is 234 Å². The summed E-state index contributed by atoms with van der Waals surface area (Å²) in [5.74, 6) is 0.850. The molecular weight excluding hydrogens is 504 g/mol. The molecule has 10 heteroatoms. The molecule has 2 aromatic carbocycles. The lowest BCUT2D eigenvalue weighted by Crippen LogP contribution is -2.21. The molecule has 0 unspecified atom stereocenters. The van der Waals surface area contributed by atoms with Gasteiger partial charge in [-0.05, 0) is 42.2 Å². The third kappa shape index (κ3) is 4.91. The number of anilines is 2. The van der Waals surface area contributed by atoms with Crippen molar-refractivity contribution in [2.24, 2.45) is 17.8 Å². The number of aryl methyl sites for hydroxylation is 3. The number of rotatable bonds is 7. The first kappa shape index (κ1) is 26.6. The molecule has 0 radical (unpaired) electrons. The lowest BCUT2D eigenvalue weighted by atomic mass is 9.91. The number of methoxy groups -OCH3 is 1. The number of amides is 1. The van der Waals surface area contributed by atoms with E-state index in [-0.39, 0.29) is 7.33 Å². The first-order valence-corrected chi connectivity index (χ1v) is 12.9. The number of nitrogens with one attached hydrogen (secondary N) is 1. The number of nitrogens with zero attached hydrogens (tertiary/aromatic N) is 6. The van der Waals surface area contributed by atoms with Gasteiger partial charge in [-0.15, -0.1) is 0 Å². The van der Waals surface area contributed by atoms with Crippen molar-refractivity contribution in [1.82, 2.24) is 24.6 Å². The number of allylic oxidation sites excluding steroid dienone is 1. The Morgan fingerprint density at radius 2 is 1.93 bits per heavy atom. The lowest BCUT2D eigenvalue weighted by Gasteiger charge is -2.18. The minimum absolute atomic E-state index is 0. The summed E-state index contributed by atoms with van der Waals surface area (Å²) in [6.07, 6.45) is 6.78. The second kappa shape index (κ2) is 11.0. The van der Waals surface area contributed by atoms with Gasteiger partial charge in [0.05, 0.1) is 29.9 Å². The van der Waals surface area contributed by atoms with Crippen LogP contribution in [0.3, 0.4) is 0 Å². The van der Waals surface area contributed by atoms with E-state index in [1.165, 1.54) is 4.90 Å². The summed E-state index contributed by atoms with van der Waals surface area (Å²) in [4.78, 5) is 27.5. The fourth-order valence-corrected chi connectivity index (χ4v) is 4.93. The van der Waals surface area contributed by atoms with Gasteiger partial charge >= 0.3 is 0 Å². The van der Waals surface area contributed by atoms with Crippen molar-refractivity contribution in [3.05, 3.63) is 77.2 Å². The molecule has 0 saturated carbocycles. The quantitative estimate of drug-likeness (QED) is 0.336. The standard InChI is InChI=1S/C30H32N8O2.H2/c1-32-16-22(15-31)18-6-8-19(9-7-18)28-26-24(36-38(28)4)13-11-21-17-33-30(35-27(21)26)34-23-12-10-20(14-25(23)40-5)29(39)37(2)3;/h6-10,12,14-17H,11,13,31H2,1-5H3,(H,33,34,35);1H/b22-15+,32-16?;. The average Bonchev–Trinajstić information content (AvgIpc) is 3.32. The van der Waals surface area contributed by atoms with Crippen LogP contribution < -0.4 is 15.8 Å². The number of nitrogens with two attached hydrogens (primary N) is 1. The molecule has 0 fully saturated rings. The third-order valence-electron chi connectivity index (χ3n) is 6.89. The topological polar surface area (TPSA) is 124 Å². The Hall–Kier alpha value is -4.99. The predicted octanol–water partition coefficient (Wildman–Crippen LogP) is 4.34. The van der Waals surface area contributed by atoms with E-state index in [2.05, 4.69) is 27.4 Å². The van der Waals surface area contributed by atoms with Crippen LogP contribution in [0.5, 0.6) is 5.75 Å². The maximum absolute atomic E-state index is 12.4. The van der Waals surface area contributed by atoms with Gasteiger partial charge in [-0.25, -0.2) is 9.97 Å². The van der Waals surface area contributed by atoms with E-state index in [1.807, 2.05) is 30.1 Å². The van der Waals surface area contributed by atoms with Crippen molar-refractivity contribution in [1.29, 1.82) is 0 Å². The summed E-state index contributed by atoms with van der Waals surface area (Å²) < 4.78 is 7.48.